The summed E-state index contributed by atoms with van der Waals surface area (Å²) in [4.78, 5) is 11.0. The van der Waals surface area contributed by atoms with E-state index in [1.807, 2.05) is 42.5 Å². The standard InChI is InChI=1S/C14H12OS/c15-14(16)13-8-6-12(7-9-13)10-11-4-2-1-3-5-11/h1-9H,10H2,(H,15,16). The van der Waals surface area contributed by atoms with E-state index in [1.165, 1.54) is 11.1 Å². The number of hydrogen-bond acceptors (Lipinski definition) is 1. The maximum atomic E-state index is 11.0. The third kappa shape index (κ3) is 2.74. The van der Waals surface area contributed by atoms with Crippen LogP contribution in [0.15, 0.2) is 54.6 Å². The van der Waals surface area contributed by atoms with Crippen LogP contribution in [0.2, 0.25) is 0 Å². The van der Waals surface area contributed by atoms with Crippen LogP contribution in [0.1, 0.15) is 21.5 Å². The second-order valence-electron chi connectivity index (χ2n) is 3.66. The Bertz CT molecular complexity index is 474. The Labute approximate surface area is 101 Å². The number of thiol groups is 1. The lowest BCUT2D eigenvalue weighted by Crippen LogP contribution is -1.91. The summed E-state index contributed by atoms with van der Waals surface area (Å²) in [6, 6.07) is 17.8. The van der Waals surface area contributed by atoms with E-state index < -0.39 is 0 Å². The van der Waals surface area contributed by atoms with Crippen LogP contribution < -0.4 is 0 Å². The van der Waals surface area contributed by atoms with Gasteiger partial charge in [0, 0.05) is 5.56 Å². The lowest BCUT2D eigenvalue weighted by Gasteiger charge is -2.02. The summed E-state index contributed by atoms with van der Waals surface area (Å²) in [5.41, 5.74) is 3.11. The zero-order valence-corrected chi connectivity index (χ0v) is 9.65. The van der Waals surface area contributed by atoms with Crippen molar-refractivity contribution < 1.29 is 4.79 Å². The molecule has 16 heavy (non-hydrogen) atoms. The summed E-state index contributed by atoms with van der Waals surface area (Å²) < 4.78 is 0. The third-order valence-corrected chi connectivity index (χ3v) is 2.71. The molecule has 2 aromatic rings. The Morgan fingerprint density at radius 1 is 0.875 bits per heavy atom. The molecule has 0 saturated heterocycles. The molecule has 0 aromatic heterocycles. The molecule has 2 heteroatoms. The second kappa shape index (κ2) is 4.99. The highest BCUT2D eigenvalue weighted by Gasteiger charge is 2.00. The highest BCUT2D eigenvalue weighted by molar-refractivity contribution is 7.97. The average Bonchev–Trinajstić information content (AvgIpc) is 2.31. The van der Waals surface area contributed by atoms with Crippen LogP contribution in [0, 0.1) is 0 Å². The van der Waals surface area contributed by atoms with E-state index in [-0.39, 0.29) is 5.12 Å². The van der Waals surface area contributed by atoms with E-state index in [2.05, 4.69) is 24.8 Å². The van der Waals surface area contributed by atoms with Gasteiger partial charge in [-0.25, -0.2) is 0 Å². The summed E-state index contributed by atoms with van der Waals surface area (Å²) >= 11 is 3.78. The molecule has 0 spiro atoms. The minimum absolute atomic E-state index is 0.189. The van der Waals surface area contributed by atoms with E-state index >= 15 is 0 Å². The van der Waals surface area contributed by atoms with Crippen LogP contribution in [0.25, 0.3) is 0 Å². The van der Waals surface area contributed by atoms with Crippen LogP contribution in [0.4, 0.5) is 0 Å². The van der Waals surface area contributed by atoms with E-state index in [0.717, 1.165) is 6.42 Å². The molecule has 0 saturated carbocycles. The van der Waals surface area contributed by atoms with Gasteiger partial charge >= 0.3 is 0 Å². The molecule has 0 N–H and O–H groups in total. The van der Waals surface area contributed by atoms with Gasteiger partial charge in [-0.15, -0.1) is 12.6 Å². The van der Waals surface area contributed by atoms with Gasteiger partial charge in [0.25, 0.3) is 0 Å². The molecule has 0 aliphatic carbocycles. The summed E-state index contributed by atoms with van der Waals surface area (Å²) in [7, 11) is 0. The molecule has 0 heterocycles. The van der Waals surface area contributed by atoms with Crippen molar-refractivity contribution in [3.63, 3.8) is 0 Å². The number of carbonyl (C=O) groups excluding carboxylic acids is 1. The monoisotopic (exact) mass is 228 g/mol. The van der Waals surface area contributed by atoms with Crippen molar-refractivity contribution in [2.24, 2.45) is 0 Å². The van der Waals surface area contributed by atoms with Gasteiger partial charge in [0.2, 0.25) is 5.12 Å². The molecule has 0 atom stereocenters. The average molecular weight is 228 g/mol. The minimum atomic E-state index is -0.189. The van der Waals surface area contributed by atoms with Crippen molar-refractivity contribution in [2.45, 2.75) is 6.42 Å². The second-order valence-corrected chi connectivity index (χ2v) is 4.07. The van der Waals surface area contributed by atoms with Crippen molar-refractivity contribution in [1.82, 2.24) is 0 Å². The molecule has 0 bridgehead atoms. The molecule has 2 rings (SSSR count). The van der Waals surface area contributed by atoms with Crippen LogP contribution in [-0.2, 0) is 6.42 Å². The Morgan fingerprint density at radius 2 is 1.44 bits per heavy atom. The van der Waals surface area contributed by atoms with E-state index in [4.69, 9.17) is 0 Å². The summed E-state index contributed by atoms with van der Waals surface area (Å²) in [6.07, 6.45) is 0.891. The van der Waals surface area contributed by atoms with Gasteiger partial charge in [0.05, 0.1) is 0 Å². The summed E-state index contributed by atoms with van der Waals surface area (Å²) in [6.45, 7) is 0. The first-order chi connectivity index (χ1) is 7.75. The maximum absolute atomic E-state index is 11.0. The van der Waals surface area contributed by atoms with Crippen molar-refractivity contribution in [2.75, 3.05) is 0 Å². The SMILES string of the molecule is O=C(S)c1ccc(Cc2ccccc2)cc1. The van der Waals surface area contributed by atoms with Gasteiger partial charge in [-0.2, -0.15) is 0 Å². The fraction of sp³-hybridized carbons (Fsp3) is 0.0714. The molecular formula is C14H12OS. The van der Waals surface area contributed by atoms with Gasteiger partial charge in [0.1, 0.15) is 0 Å². The lowest BCUT2D eigenvalue weighted by atomic mass is 10.0. The van der Waals surface area contributed by atoms with Crippen LogP contribution in [0.5, 0.6) is 0 Å². The fourth-order valence-electron chi connectivity index (χ4n) is 1.60. The molecule has 0 radical (unpaired) electrons. The first kappa shape index (κ1) is 11.0. The number of hydrogen-bond donors (Lipinski definition) is 1. The molecular weight excluding hydrogens is 216 g/mol. The van der Waals surface area contributed by atoms with Gasteiger partial charge in [-0.05, 0) is 17.5 Å². The number of benzene rings is 2. The van der Waals surface area contributed by atoms with Crippen molar-refractivity contribution in [3.8, 4) is 0 Å². The van der Waals surface area contributed by atoms with Crippen molar-refractivity contribution >= 4 is 17.7 Å². The third-order valence-electron chi connectivity index (χ3n) is 2.45. The Balaban J connectivity index is 2.14. The van der Waals surface area contributed by atoms with E-state index in [1.54, 1.807) is 0 Å². The molecule has 2 aromatic carbocycles. The Morgan fingerprint density at radius 3 is 2.00 bits per heavy atom. The Kier molecular flexibility index (Phi) is 3.42. The smallest absolute Gasteiger partial charge is 0.216 e. The number of carbonyl (C=O) groups is 1. The molecule has 0 aliphatic rings. The fourth-order valence-corrected chi connectivity index (χ4v) is 1.75. The summed E-state index contributed by atoms with van der Waals surface area (Å²) in [5, 5.41) is -0.189. The first-order valence-corrected chi connectivity index (χ1v) is 5.56. The van der Waals surface area contributed by atoms with Gasteiger partial charge in [-0.3, -0.25) is 4.79 Å². The van der Waals surface area contributed by atoms with Crippen LogP contribution in [-0.4, -0.2) is 5.12 Å². The summed E-state index contributed by atoms with van der Waals surface area (Å²) in [5.74, 6) is 0. The van der Waals surface area contributed by atoms with Crippen molar-refractivity contribution in [1.29, 1.82) is 0 Å². The Hall–Kier alpha value is -1.54. The molecule has 0 amide bonds. The van der Waals surface area contributed by atoms with Gasteiger partial charge < -0.3 is 0 Å². The number of rotatable bonds is 3. The molecule has 80 valence electrons. The molecule has 0 aliphatic heterocycles. The predicted molar refractivity (Wildman–Crippen MR) is 69.0 cm³/mol. The predicted octanol–water partition coefficient (Wildman–Crippen LogP) is 3.35. The maximum Gasteiger partial charge on any atom is 0.216 e. The van der Waals surface area contributed by atoms with E-state index in [9.17, 15) is 4.79 Å². The minimum Gasteiger partial charge on any atom is -0.282 e. The van der Waals surface area contributed by atoms with Crippen LogP contribution in [0.3, 0.4) is 0 Å². The lowest BCUT2D eigenvalue weighted by molar-refractivity contribution is 0.109. The molecule has 0 unspecified atom stereocenters. The topological polar surface area (TPSA) is 17.1 Å². The zero-order valence-electron chi connectivity index (χ0n) is 8.76. The zero-order chi connectivity index (χ0) is 11.4. The largest absolute Gasteiger partial charge is 0.282 e. The van der Waals surface area contributed by atoms with Gasteiger partial charge in [0.15, 0.2) is 0 Å². The quantitative estimate of drug-likeness (QED) is 0.797. The molecule has 1 nitrogen and oxygen atoms in total. The first-order valence-electron chi connectivity index (χ1n) is 5.12. The highest BCUT2D eigenvalue weighted by Crippen LogP contribution is 2.11. The van der Waals surface area contributed by atoms with Crippen molar-refractivity contribution in [3.05, 3.63) is 71.3 Å². The van der Waals surface area contributed by atoms with E-state index in [0.29, 0.717) is 5.56 Å². The van der Waals surface area contributed by atoms with Crippen LogP contribution >= 0.6 is 12.6 Å². The molecule has 0 fully saturated rings. The van der Waals surface area contributed by atoms with Gasteiger partial charge in [-0.1, -0.05) is 54.6 Å². The normalized spacial score (nSPS) is 10.1. The highest BCUT2D eigenvalue weighted by atomic mass is 32.1.